The summed E-state index contributed by atoms with van der Waals surface area (Å²) >= 11 is 6.62. The summed E-state index contributed by atoms with van der Waals surface area (Å²) in [6, 6.07) is 4.23. The number of anilines is 1. The average Bonchev–Trinajstić information content (AvgIpc) is 2.82. The second-order valence-corrected chi connectivity index (χ2v) is 6.33. The Hall–Kier alpha value is -1.64. The van der Waals surface area contributed by atoms with Crippen LogP contribution in [0.15, 0.2) is 34.7 Å². The van der Waals surface area contributed by atoms with E-state index >= 15 is 0 Å². The second kappa shape index (κ2) is 5.16. The number of carbonyl (C=O) groups is 1. The predicted octanol–water partition coefficient (Wildman–Crippen LogP) is 2.30. The zero-order valence-electron chi connectivity index (χ0n) is 9.20. The van der Waals surface area contributed by atoms with Gasteiger partial charge in [-0.15, -0.1) is 11.3 Å². The molecule has 6 nitrogen and oxygen atoms in total. The normalized spacial score (nSPS) is 11.2. The van der Waals surface area contributed by atoms with E-state index in [4.69, 9.17) is 16.7 Å². The summed E-state index contributed by atoms with van der Waals surface area (Å²) in [6.45, 7) is 0. The van der Waals surface area contributed by atoms with Crippen LogP contribution in [0.3, 0.4) is 0 Å². The molecule has 0 aliphatic carbocycles. The van der Waals surface area contributed by atoms with E-state index in [2.05, 4.69) is 9.71 Å². The largest absolute Gasteiger partial charge is 0.477 e. The first-order chi connectivity index (χ1) is 8.92. The van der Waals surface area contributed by atoms with Gasteiger partial charge in [-0.1, -0.05) is 11.6 Å². The SMILES string of the molecule is O=C(O)c1sccc1S(=O)(=O)Nc1ncccc1Cl. The summed E-state index contributed by atoms with van der Waals surface area (Å²) in [5.41, 5.74) is 0. The van der Waals surface area contributed by atoms with Gasteiger partial charge in [-0.05, 0) is 23.6 Å². The number of thiophene rings is 1. The van der Waals surface area contributed by atoms with Crippen molar-refractivity contribution in [3.05, 3.63) is 39.7 Å². The van der Waals surface area contributed by atoms with Crippen LogP contribution in [0.25, 0.3) is 0 Å². The number of carboxylic acids is 1. The fourth-order valence-electron chi connectivity index (χ4n) is 1.31. The van der Waals surface area contributed by atoms with Crippen molar-refractivity contribution in [2.75, 3.05) is 4.72 Å². The molecule has 0 aliphatic heterocycles. The maximum absolute atomic E-state index is 12.1. The highest BCUT2D eigenvalue weighted by molar-refractivity contribution is 7.93. The van der Waals surface area contributed by atoms with Crippen LogP contribution in [0.2, 0.25) is 5.02 Å². The number of carboxylic acid groups (broad SMARTS) is 1. The number of aromatic carboxylic acids is 1. The lowest BCUT2D eigenvalue weighted by molar-refractivity contribution is 0.0698. The van der Waals surface area contributed by atoms with E-state index in [0.29, 0.717) is 0 Å². The third kappa shape index (κ3) is 2.86. The van der Waals surface area contributed by atoms with E-state index in [1.807, 2.05) is 0 Å². The minimum atomic E-state index is -4.04. The number of hydrogen-bond donors (Lipinski definition) is 2. The first-order valence-corrected chi connectivity index (χ1v) is 7.60. The van der Waals surface area contributed by atoms with Gasteiger partial charge in [0.1, 0.15) is 9.77 Å². The van der Waals surface area contributed by atoms with Gasteiger partial charge in [-0.2, -0.15) is 0 Å². The van der Waals surface area contributed by atoms with Gasteiger partial charge < -0.3 is 5.11 Å². The maximum Gasteiger partial charge on any atom is 0.347 e. The van der Waals surface area contributed by atoms with Crippen LogP contribution >= 0.6 is 22.9 Å². The van der Waals surface area contributed by atoms with Crippen LogP contribution in [-0.4, -0.2) is 24.5 Å². The first kappa shape index (κ1) is 13.8. The molecule has 2 heterocycles. The molecule has 0 radical (unpaired) electrons. The number of nitrogens with zero attached hydrogens (tertiary/aromatic N) is 1. The van der Waals surface area contributed by atoms with Gasteiger partial charge in [-0.3, -0.25) is 4.72 Å². The lowest BCUT2D eigenvalue weighted by atomic mass is 10.5. The molecular formula is C10H7ClN2O4S2. The molecule has 0 unspecified atom stereocenters. The Balaban J connectivity index is 2.41. The monoisotopic (exact) mass is 318 g/mol. The number of halogens is 1. The van der Waals surface area contributed by atoms with Crippen molar-refractivity contribution in [2.45, 2.75) is 4.90 Å². The van der Waals surface area contributed by atoms with Crippen molar-refractivity contribution in [1.29, 1.82) is 0 Å². The van der Waals surface area contributed by atoms with Crippen molar-refractivity contribution in [1.82, 2.24) is 4.98 Å². The summed E-state index contributed by atoms with van der Waals surface area (Å²) in [5.74, 6) is -1.35. The number of aromatic nitrogens is 1. The summed E-state index contributed by atoms with van der Waals surface area (Å²) in [7, 11) is -4.04. The van der Waals surface area contributed by atoms with E-state index in [1.165, 1.54) is 23.7 Å². The van der Waals surface area contributed by atoms with Crippen LogP contribution in [0, 0.1) is 0 Å². The molecule has 0 saturated carbocycles. The number of pyridine rings is 1. The summed E-state index contributed by atoms with van der Waals surface area (Å²) in [4.78, 5) is 14.1. The number of nitrogens with one attached hydrogen (secondary N) is 1. The lowest BCUT2D eigenvalue weighted by Gasteiger charge is -2.07. The quantitative estimate of drug-likeness (QED) is 0.901. The number of sulfonamides is 1. The molecule has 0 saturated heterocycles. The third-order valence-electron chi connectivity index (χ3n) is 2.10. The van der Waals surface area contributed by atoms with E-state index in [0.717, 1.165) is 11.3 Å². The van der Waals surface area contributed by atoms with Gasteiger partial charge in [0, 0.05) is 6.20 Å². The predicted molar refractivity (Wildman–Crippen MR) is 71.3 cm³/mol. The Bertz CT molecular complexity index is 727. The van der Waals surface area contributed by atoms with Crippen molar-refractivity contribution >= 4 is 44.7 Å². The van der Waals surface area contributed by atoms with Gasteiger partial charge in [0.25, 0.3) is 10.0 Å². The zero-order chi connectivity index (χ0) is 14.0. The summed E-state index contributed by atoms with van der Waals surface area (Å²) in [6.07, 6.45) is 1.37. The molecule has 0 spiro atoms. The zero-order valence-corrected chi connectivity index (χ0v) is 11.6. The minimum absolute atomic E-state index is 0.0493. The smallest absolute Gasteiger partial charge is 0.347 e. The third-order valence-corrected chi connectivity index (χ3v) is 4.82. The van der Waals surface area contributed by atoms with Gasteiger partial charge in [0.05, 0.1) is 5.02 Å². The first-order valence-electron chi connectivity index (χ1n) is 4.86. The molecule has 19 heavy (non-hydrogen) atoms. The highest BCUT2D eigenvalue weighted by Crippen LogP contribution is 2.26. The van der Waals surface area contributed by atoms with Gasteiger partial charge in [0.15, 0.2) is 5.82 Å². The Labute approximate surface area is 117 Å². The van der Waals surface area contributed by atoms with Crippen LogP contribution in [0.5, 0.6) is 0 Å². The second-order valence-electron chi connectivity index (χ2n) is 3.36. The highest BCUT2D eigenvalue weighted by atomic mass is 35.5. The Morgan fingerprint density at radius 1 is 1.42 bits per heavy atom. The molecule has 0 bridgehead atoms. The van der Waals surface area contributed by atoms with Crippen LogP contribution in [-0.2, 0) is 10.0 Å². The van der Waals surface area contributed by atoms with Crippen LogP contribution < -0.4 is 4.72 Å². The topological polar surface area (TPSA) is 96.4 Å². The van der Waals surface area contributed by atoms with Crippen molar-refractivity contribution in [3.8, 4) is 0 Å². The van der Waals surface area contributed by atoms with Crippen LogP contribution in [0.4, 0.5) is 5.82 Å². The molecule has 0 aromatic carbocycles. The molecule has 0 aliphatic rings. The average molecular weight is 319 g/mol. The van der Waals surface area contributed by atoms with Gasteiger partial charge in [-0.25, -0.2) is 18.2 Å². The summed E-state index contributed by atoms with van der Waals surface area (Å²) in [5, 5.41) is 10.4. The minimum Gasteiger partial charge on any atom is -0.477 e. The fraction of sp³-hybridized carbons (Fsp3) is 0. The molecule has 100 valence electrons. The van der Waals surface area contributed by atoms with Crippen LogP contribution in [0.1, 0.15) is 9.67 Å². The molecular weight excluding hydrogens is 312 g/mol. The maximum atomic E-state index is 12.1. The van der Waals surface area contributed by atoms with E-state index in [9.17, 15) is 13.2 Å². The van der Waals surface area contributed by atoms with E-state index in [1.54, 1.807) is 6.07 Å². The fourth-order valence-corrected chi connectivity index (χ4v) is 3.82. The molecule has 2 aromatic rings. The van der Waals surface area contributed by atoms with E-state index in [-0.39, 0.29) is 20.6 Å². The van der Waals surface area contributed by atoms with Crippen molar-refractivity contribution < 1.29 is 18.3 Å². The lowest BCUT2D eigenvalue weighted by Crippen LogP contribution is -2.16. The molecule has 9 heteroatoms. The van der Waals surface area contributed by atoms with Crippen molar-refractivity contribution in [2.24, 2.45) is 0 Å². The van der Waals surface area contributed by atoms with Gasteiger partial charge in [0.2, 0.25) is 0 Å². The Kier molecular flexibility index (Phi) is 3.74. The summed E-state index contributed by atoms with van der Waals surface area (Å²) < 4.78 is 26.3. The van der Waals surface area contributed by atoms with Crippen molar-refractivity contribution in [3.63, 3.8) is 0 Å². The molecule has 0 amide bonds. The molecule has 2 N–H and O–H groups in total. The Morgan fingerprint density at radius 3 is 2.79 bits per heavy atom. The molecule has 2 rings (SSSR count). The van der Waals surface area contributed by atoms with Gasteiger partial charge >= 0.3 is 5.97 Å². The Morgan fingerprint density at radius 2 is 2.16 bits per heavy atom. The highest BCUT2D eigenvalue weighted by Gasteiger charge is 2.24. The number of rotatable bonds is 4. The molecule has 0 fully saturated rings. The number of hydrogen-bond acceptors (Lipinski definition) is 5. The molecule has 0 atom stereocenters. The van der Waals surface area contributed by atoms with E-state index < -0.39 is 16.0 Å². The molecule has 2 aromatic heterocycles. The standard InChI is InChI=1S/C10H7ClN2O4S2/c11-6-2-1-4-12-9(6)13-19(16,17)7-3-5-18-8(7)10(14)15/h1-5H,(H,12,13)(H,14,15).